The molecule has 0 bridgehead atoms. The van der Waals surface area contributed by atoms with E-state index in [1.54, 1.807) is 7.11 Å². The van der Waals surface area contributed by atoms with Gasteiger partial charge >= 0.3 is 0 Å². The molecule has 3 aromatic carbocycles. The standard InChI is InChI=1S/C24H26BrNO3/c1-17-8-6-7-11-20(17)16-29-24-21(25)12-18(13-23(24)28-2)14-26-15-22(27)19-9-4-3-5-10-19/h3-13,22,26-27H,14-16H2,1-2H3/t22-/m1/s1. The van der Waals surface area contributed by atoms with Gasteiger partial charge < -0.3 is 19.9 Å². The molecule has 1 atom stereocenters. The van der Waals surface area contributed by atoms with Crippen LogP contribution in [-0.2, 0) is 13.2 Å². The third kappa shape index (κ3) is 5.82. The molecule has 0 aliphatic rings. The minimum atomic E-state index is -0.543. The highest BCUT2D eigenvalue weighted by Crippen LogP contribution is 2.37. The first-order chi connectivity index (χ1) is 14.1. The Morgan fingerprint density at radius 3 is 2.48 bits per heavy atom. The van der Waals surface area contributed by atoms with E-state index in [2.05, 4.69) is 40.3 Å². The number of nitrogens with one attached hydrogen (secondary N) is 1. The van der Waals surface area contributed by atoms with Crippen LogP contribution in [0.2, 0.25) is 0 Å². The maximum atomic E-state index is 10.3. The van der Waals surface area contributed by atoms with Crippen molar-refractivity contribution in [1.82, 2.24) is 5.32 Å². The third-order valence-electron chi connectivity index (χ3n) is 4.77. The Hall–Kier alpha value is -2.34. The summed E-state index contributed by atoms with van der Waals surface area (Å²) in [6.07, 6.45) is -0.543. The first-order valence-electron chi connectivity index (χ1n) is 9.56. The number of hydrogen-bond donors (Lipinski definition) is 2. The Balaban J connectivity index is 1.62. The van der Waals surface area contributed by atoms with Crippen LogP contribution in [0.3, 0.4) is 0 Å². The summed E-state index contributed by atoms with van der Waals surface area (Å²) < 4.78 is 12.4. The number of rotatable bonds is 9. The van der Waals surface area contributed by atoms with Gasteiger partial charge in [0.2, 0.25) is 0 Å². The van der Waals surface area contributed by atoms with Crippen molar-refractivity contribution in [1.29, 1.82) is 0 Å². The molecule has 3 rings (SSSR count). The van der Waals surface area contributed by atoms with E-state index in [1.165, 1.54) is 5.56 Å². The monoisotopic (exact) mass is 455 g/mol. The highest BCUT2D eigenvalue weighted by Gasteiger charge is 2.13. The van der Waals surface area contributed by atoms with Crippen molar-refractivity contribution in [2.24, 2.45) is 0 Å². The molecule has 0 saturated carbocycles. The van der Waals surface area contributed by atoms with E-state index in [-0.39, 0.29) is 0 Å². The maximum Gasteiger partial charge on any atom is 0.175 e. The summed E-state index contributed by atoms with van der Waals surface area (Å²) >= 11 is 3.61. The van der Waals surface area contributed by atoms with Crippen LogP contribution in [0.5, 0.6) is 11.5 Å². The molecular weight excluding hydrogens is 430 g/mol. The van der Waals surface area contributed by atoms with Gasteiger partial charge in [-0.15, -0.1) is 0 Å². The van der Waals surface area contributed by atoms with Crippen LogP contribution in [0.25, 0.3) is 0 Å². The van der Waals surface area contributed by atoms with Gasteiger partial charge in [0.1, 0.15) is 6.61 Å². The fourth-order valence-corrected chi connectivity index (χ4v) is 3.69. The predicted octanol–water partition coefficient (Wildman–Crippen LogP) is 5.17. The molecule has 0 fully saturated rings. The van der Waals surface area contributed by atoms with E-state index in [9.17, 15) is 5.11 Å². The molecule has 29 heavy (non-hydrogen) atoms. The quantitative estimate of drug-likeness (QED) is 0.467. The Bertz CT molecular complexity index is 931. The Morgan fingerprint density at radius 2 is 1.76 bits per heavy atom. The lowest BCUT2D eigenvalue weighted by Crippen LogP contribution is -2.21. The molecule has 2 N–H and O–H groups in total. The number of halogens is 1. The molecule has 0 radical (unpaired) electrons. The van der Waals surface area contributed by atoms with Gasteiger partial charge in [-0.3, -0.25) is 0 Å². The van der Waals surface area contributed by atoms with Crippen molar-refractivity contribution in [3.63, 3.8) is 0 Å². The zero-order chi connectivity index (χ0) is 20.6. The Morgan fingerprint density at radius 1 is 1.03 bits per heavy atom. The lowest BCUT2D eigenvalue weighted by Gasteiger charge is -2.16. The van der Waals surface area contributed by atoms with Gasteiger partial charge in [-0.2, -0.15) is 0 Å². The fourth-order valence-electron chi connectivity index (χ4n) is 3.08. The van der Waals surface area contributed by atoms with Crippen molar-refractivity contribution in [2.45, 2.75) is 26.2 Å². The number of methoxy groups -OCH3 is 1. The zero-order valence-corrected chi connectivity index (χ0v) is 18.3. The molecule has 0 unspecified atom stereocenters. The highest BCUT2D eigenvalue weighted by atomic mass is 79.9. The molecule has 0 amide bonds. The molecule has 4 nitrogen and oxygen atoms in total. The predicted molar refractivity (Wildman–Crippen MR) is 119 cm³/mol. The molecule has 0 spiro atoms. The van der Waals surface area contributed by atoms with Gasteiger partial charge in [-0.25, -0.2) is 0 Å². The van der Waals surface area contributed by atoms with Crippen molar-refractivity contribution in [2.75, 3.05) is 13.7 Å². The van der Waals surface area contributed by atoms with E-state index in [0.29, 0.717) is 31.2 Å². The number of benzene rings is 3. The van der Waals surface area contributed by atoms with E-state index < -0.39 is 6.10 Å². The highest BCUT2D eigenvalue weighted by molar-refractivity contribution is 9.10. The summed E-state index contributed by atoms with van der Waals surface area (Å²) in [5.41, 5.74) is 4.28. The topological polar surface area (TPSA) is 50.7 Å². The molecule has 5 heteroatoms. The second kappa shape index (κ2) is 10.4. The Labute approximate surface area is 180 Å². The minimum absolute atomic E-state index is 0.468. The fraction of sp³-hybridized carbons (Fsp3) is 0.250. The summed E-state index contributed by atoms with van der Waals surface area (Å²) in [6.45, 7) is 3.62. The van der Waals surface area contributed by atoms with Crippen LogP contribution >= 0.6 is 15.9 Å². The minimum Gasteiger partial charge on any atom is -0.493 e. The smallest absolute Gasteiger partial charge is 0.175 e. The lowest BCUT2D eigenvalue weighted by molar-refractivity contribution is 0.174. The van der Waals surface area contributed by atoms with E-state index in [4.69, 9.17) is 9.47 Å². The van der Waals surface area contributed by atoms with Gasteiger partial charge in [-0.1, -0.05) is 54.6 Å². The van der Waals surface area contributed by atoms with Crippen LogP contribution in [-0.4, -0.2) is 18.8 Å². The molecule has 0 heterocycles. The van der Waals surface area contributed by atoms with Crippen LogP contribution in [0, 0.1) is 6.92 Å². The van der Waals surface area contributed by atoms with Gasteiger partial charge in [0.25, 0.3) is 0 Å². The van der Waals surface area contributed by atoms with Crippen molar-refractivity contribution in [3.8, 4) is 11.5 Å². The van der Waals surface area contributed by atoms with E-state index in [1.807, 2.05) is 54.6 Å². The summed E-state index contributed by atoms with van der Waals surface area (Å²) in [5, 5.41) is 13.6. The number of ether oxygens (including phenoxy) is 2. The lowest BCUT2D eigenvalue weighted by atomic mass is 10.1. The summed E-state index contributed by atoms with van der Waals surface area (Å²) in [6, 6.07) is 21.8. The summed E-state index contributed by atoms with van der Waals surface area (Å²) in [5.74, 6) is 1.36. The number of aliphatic hydroxyl groups is 1. The molecule has 0 aliphatic carbocycles. The van der Waals surface area contributed by atoms with Crippen LogP contribution in [0.1, 0.15) is 28.4 Å². The van der Waals surface area contributed by atoms with Gasteiger partial charge in [0.15, 0.2) is 11.5 Å². The van der Waals surface area contributed by atoms with Gasteiger partial charge in [-0.05, 0) is 57.2 Å². The third-order valence-corrected chi connectivity index (χ3v) is 5.36. The normalized spacial score (nSPS) is 11.9. The van der Waals surface area contributed by atoms with Crippen LogP contribution < -0.4 is 14.8 Å². The van der Waals surface area contributed by atoms with Crippen LogP contribution in [0.4, 0.5) is 0 Å². The van der Waals surface area contributed by atoms with E-state index in [0.717, 1.165) is 21.2 Å². The zero-order valence-electron chi connectivity index (χ0n) is 16.7. The van der Waals surface area contributed by atoms with Gasteiger partial charge in [0.05, 0.1) is 17.7 Å². The SMILES string of the molecule is COc1cc(CNC[C@@H](O)c2ccccc2)cc(Br)c1OCc1ccccc1C. The molecule has 0 aliphatic heterocycles. The summed E-state index contributed by atoms with van der Waals surface area (Å²) in [4.78, 5) is 0. The van der Waals surface area contributed by atoms with Crippen molar-refractivity contribution < 1.29 is 14.6 Å². The van der Waals surface area contributed by atoms with Crippen molar-refractivity contribution in [3.05, 3.63) is 93.5 Å². The Kier molecular flexibility index (Phi) is 7.69. The average molecular weight is 456 g/mol. The molecule has 3 aromatic rings. The second-order valence-corrected chi connectivity index (χ2v) is 7.74. The second-order valence-electron chi connectivity index (χ2n) is 6.88. The van der Waals surface area contributed by atoms with Crippen molar-refractivity contribution >= 4 is 15.9 Å². The number of aliphatic hydroxyl groups excluding tert-OH is 1. The molecule has 152 valence electrons. The van der Waals surface area contributed by atoms with Crippen LogP contribution in [0.15, 0.2) is 71.2 Å². The largest absolute Gasteiger partial charge is 0.493 e. The first-order valence-corrected chi connectivity index (χ1v) is 10.3. The molecule has 0 saturated heterocycles. The first kappa shape index (κ1) is 21.4. The number of hydrogen-bond acceptors (Lipinski definition) is 4. The number of aryl methyl sites for hydroxylation is 1. The average Bonchev–Trinajstić information content (AvgIpc) is 2.74. The molecular formula is C24H26BrNO3. The summed E-state index contributed by atoms with van der Waals surface area (Å²) in [7, 11) is 1.64. The van der Waals surface area contributed by atoms with E-state index >= 15 is 0 Å². The van der Waals surface area contributed by atoms with Gasteiger partial charge in [0, 0.05) is 13.1 Å². The maximum absolute atomic E-state index is 10.3. The molecule has 0 aromatic heterocycles.